The minimum Gasteiger partial charge on any atom is -0.493 e. The predicted octanol–water partition coefficient (Wildman–Crippen LogP) is 0.867. The first-order chi connectivity index (χ1) is 9.78. The number of piperidine rings is 1. The van der Waals surface area contributed by atoms with Gasteiger partial charge in [0.05, 0.1) is 13.2 Å². The van der Waals surface area contributed by atoms with Crippen molar-refractivity contribution in [1.29, 1.82) is 0 Å². The summed E-state index contributed by atoms with van der Waals surface area (Å²) in [5.74, 6) is 1.71. The van der Waals surface area contributed by atoms with Gasteiger partial charge in [0, 0.05) is 12.6 Å². The summed E-state index contributed by atoms with van der Waals surface area (Å²) in [6.07, 6.45) is 2.78. The van der Waals surface area contributed by atoms with Crippen molar-refractivity contribution in [2.45, 2.75) is 31.3 Å². The van der Waals surface area contributed by atoms with Gasteiger partial charge in [-0.15, -0.1) is 0 Å². The number of hydrogen-bond donors (Lipinski definition) is 2. The standard InChI is InChI=1S/C15H20N2O3/c1-19-13-6-2-4-10-8-11(9-20-14(10)13)17-12-5-3-7-16-15(12)18/h2,4,6,11-12,17H,3,5,7-9H2,1H3,(H,16,18). The van der Waals surface area contributed by atoms with Crippen LogP contribution in [0.2, 0.25) is 0 Å². The van der Waals surface area contributed by atoms with Gasteiger partial charge in [-0.3, -0.25) is 10.1 Å². The average molecular weight is 276 g/mol. The van der Waals surface area contributed by atoms with Crippen LogP contribution < -0.4 is 20.1 Å². The number of hydrogen-bond acceptors (Lipinski definition) is 4. The molecule has 2 unspecified atom stereocenters. The second-order valence-electron chi connectivity index (χ2n) is 5.31. The molecule has 2 aliphatic rings. The molecule has 1 amide bonds. The lowest BCUT2D eigenvalue weighted by atomic mass is 9.99. The first-order valence-corrected chi connectivity index (χ1v) is 7.10. The molecule has 108 valence electrons. The van der Waals surface area contributed by atoms with E-state index in [4.69, 9.17) is 9.47 Å². The van der Waals surface area contributed by atoms with E-state index in [9.17, 15) is 4.79 Å². The summed E-state index contributed by atoms with van der Waals surface area (Å²) in [4.78, 5) is 11.8. The summed E-state index contributed by atoms with van der Waals surface area (Å²) in [6.45, 7) is 1.36. The SMILES string of the molecule is COc1cccc2c1OCC(NC1CCCNC1=O)C2. The van der Waals surface area contributed by atoms with E-state index in [1.807, 2.05) is 18.2 Å². The van der Waals surface area contributed by atoms with Gasteiger partial charge >= 0.3 is 0 Å². The van der Waals surface area contributed by atoms with Crippen LogP contribution in [0.25, 0.3) is 0 Å². The van der Waals surface area contributed by atoms with Crippen molar-refractivity contribution in [1.82, 2.24) is 10.6 Å². The summed E-state index contributed by atoms with van der Waals surface area (Å²) in [6, 6.07) is 6.00. The topological polar surface area (TPSA) is 59.6 Å². The van der Waals surface area contributed by atoms with Crippen molar-refractivity contribution in [3.05, 3.63) is 23.8 Å². The van der Waals surface area contributed by atoms with Gasteiger partial charge in [0.2, 0.25) is 5.91 Å². The van der Waals surface area contributed by atoms with E-state index in [0.29, 0.717) is 6.61 Å². The van der Waals surface area contributed by atoms with Gasteiger partial charge in [-0.1, -0.05) is 12.1 Å². The number of methoxy groups -OCH3 is 1. The minimum atomic E-state index is -0.0930. The monoisotopic (exact) mass is 276 g/mol. The molecule has 1 fully saturated rings. The Labute approximate surface area is 118 Å². The molecule has 1 saturated heterocycles. The number of ether oxygens (including phenoxy) is 2. The van der Waals surface area contributed by atoms with E-state index in [2.05, 4.69) is 10.6 Å². The van der Waals surface area contributed by atoms with Crippen molar-refractivity contribution in [3.63, 3.8) is 0 Å². The summed E-state index contributed by atoms with van der Waals surface area (Å²) in [7, 11) is 1.65. The average Bonchev–Trinajstić information content (AvgIpc) is 2.49. The molecule has 2 aliphatic heterocycles. The van der Waals surface area contributed by atoms with E-state index in [1.54, 1.807) is 7.11 Å². The fourth-order valence-electron chi connectivity index (χ4n) is 2.88. The maximum Gasteiger partial charge on any atom is 0.237 e. The molecule has 2 heterocycles. The lowest BCUT2D eigenvalue weighted by Gasteiger charge is -2.31. The molecule has 2 atom stereocenters. The van der Waals surface area contributed by atoms with Crippen molar-refractivity contribution < 1.29 is 14.3 Å². The van der Waals surface area contributed by atoms with E-state index >= 15 is 0 Å². The third-order valence-corrected chi connectivity index (χ3v) is 3.90. The summed E-state index contributed by atoms with van der Waals surface area (Å²) in [5, 5.41) is 6.30. The van der Waals surface area contributed by atoms with Crippen molar-refractivity contribution in [3.8, 4) is 11.5 Å². The molecule has 3 rings (SSSR count). The zero-order valence-electron chi connectivity index (χ0n) is 11.6. The van der Waals surface area contributed by atoms with Gasteiger partial charge in [-0.25, -0.2) is 0 Å². The number of carbonyl (C=O) groups excluding carboxylic acids is 1. The number of para-hydroxylation sites is 1. The van der Waals surface area contributed by atoms with Gasteiger partial charge in [0.1, 0.15) is 6.61 Å². The smallest absolute Gasteiger partial charge is 0.237 e. The van der Waals surface area contributed by atoms with Gasteiger partial charge in [-0.05, 0) is 30.9 Å². The first kappa shape index (κ1) is 13.2. The Morgan fingerprint density at radius 3 is 3.15 bits per heavy atom. The van der Waals surface area contributed by atoms with Crippen LogP contribution in [0.5, 0.6) is 11.5 Å². The number of nitrogens with one attached hydrogen (secondary N) is 2. The van der Waals surface area contributed by atoms with Gasteiger partial charge in [0.25, 0.3) is 0 Å². The largest absolute Gasteiger partial charge is 0.493 e. The number of rotatable bonds is 3. The highest BCUT2D eigenvalue weighted by atomic mass is 16.5. The third kappa shape index (κ3) is 2.58. The Morgan fingerprint density at radius 2 is 2.35 bits per heavy atom. The number of amides is 1. The van der Waals surface area contributed by atoms with Crippen LogP contribution in [-0.2, 0) is 11.2 Å². The van der Waals surface area contributed by atoms with Crippen molar-refractivity contribution in [2.24, 2.45) is 0 Å². The Balaban J connectivity index is 1.68. The van der Waals surface area contributed by atoms with E-state index in [0.717, 1.165) is 42.9 Å². The van der Waals surface area contributed by atoms with Crippen LogP contribution in [-0.4, -0.2) is 38.3 Å². The third-order valence-electron chi connectivity index (χ3n) is 3.90. The molecular formula is C15H20N2O3. The lowest BCUT2D eigenvalue weighted by molar-refractivity contribution is -0.124. The van der Waals surface area contributed by atoms with Crippen LogP contribution in [0.1, 0.15) is 18.4 Å². The predicted molar refractivity (Wildman–Crippen MR) is 75.1 cm³/mol. The zero-order chi connectivity index (χ0) is 13.9. The second-order valence-corrected chi connectivity index (χ2v) is 5.31. The Hall–Kier alpha value is -1.75. The van der Waals surface area contributed by atoms with Gasteiger partial charge < -0.3 is 14.8 Å². The molecule has 0 bridgehead atoms. The molecule has 5 heteroatoms. The Kier molecular flexibility index (Phi) is 3.78. The quantitative estimate of drug-likeness (QED) is 0.860. The lowest BCUT2D eigenvalue weighted by Crippen LogP contribution is -2.54. The van der Waals surface area contributed by atoms with Gasteiger partial charge in [0.15, 0.2) is 11.5 Å². The highest BCUT2D eigenvalue weighted by Gasteiger charge is 2.28. The van der Waals surface area contributed by atoms with Crippen LogP contribution in [0.4, 0.5) is 0 Å². The van der Waals surface area contributed by atoms with Crippen LogP contribution in [0.3, 0.4) is 0 Å². The maximum absolute atomic E-state index is 11.8. The molecule has 0 saturated carbocycles. The molecule has 20 heavy (non-hydrogen) atoms. The van der Waals surface area contributed by atoms with E-state index < -0.39 is 0 Å². The maximum atomic E-state index is 11.8. The number of fused-ring (bicyclic) bond motifs is 1. The molecule has 0 aromatic heterocycles. The summed E-state index contributed by atoms with van der Waals surface area (Å²) in [5.41, 5.74) is 1.13. The molecule has 5 nitrogen and oxygen atoms in total. The molecule has 1 aromatic carbocycles. The van der Waals surface area contributed by atoms with Gasteiger partial charge in [-0.2, -0.15) is 0 Å². The van der Waals surface area contributed by atoms with Crippen LogP contribution in [0, 0.1) is 0 Å². The highest BCUT2D eigenvalue weighted by molar-refractivity contribution is 5.82. The molecular weight excluding hydrogens is 256 g/mol. The fourth-order valence-corrected chi connectivity index (χ4v) is 2.88. The minimum absolute atomic E-state index is 0.0930. The molecule has 0 spiro atoms. The number of carbonyl (C=O) groups is 1. The van der Waals surface area contributed by atoms with Crippen LogP contribution >= 0.6 is 0 Å². The molecule has 2 N–H and O–H groups in total. The Bertz CT molecular complexity index is 504. The zero-order valence-corrected chi connectivity index (χ0v) is 11.6. The number of benzene rings is 1. The first-order valence-electron chi connectivity index (χ1n) is 7.10. The fraction of sp³-hybridized carbons (Fsp3) is 0.533. The van der Waals surface area contributed by atoms with Crippen molar-refractivity contribution >= 4 is 5.91 Å². The van der Waals surface area contributed by atoms with E-state index in [-0.39, 0.29) is 18.0 Å². The van der Waals surface area contributed by atoms with Crippen LogP contribution in [0.15, 0.2) is 18.2 Å². The highest BCUT2D eigenvalue weighted by Crippen LogP contribution is 2.34. The normalized spacial score (nSPS) is 25.4. The summed E-state index contributed by atoms with van der Waals surface area (Å²) >= 11 is 0. The molecule has 0 radical (unpaired) electrons. The van der Waals surface area contributed by atoms with E-state index in [1.165, 1.54) is 0 Å². The second kappa shape index (κ2) is 5.71. The Morgan fingerprint density at radius 1 is 1.45 bits per heavy atom. The summed E-state index contributed by atoms with van der Waals surface area (Å²) < 4.78 is 11.1. The molecule has 0 aliphatic carbocycles. The molecule has 1 aromatic rings. The van der Waals surface area contributed by atoms with Crippen molar-refractivity contribution in [2.75, 3.05) is 20.3 Å².